The summed E-state index contributed by atoms with van der Waals surface area (Å²) >= 11 is 4.64. The summed E-state index contributed by atoms with van der Waals surface area (Å²) in [5, 5.41) is 2.30. The number of isothiocyanates is 1. The van der Waals surface area contributed by atoms with Crippen LogP contribution in [0.5, 0.6) is 0 Å². The summed E-state index contributed by atoms with van der Waals surface area (Å²) < 4.78 is 18.8. The Bertz CT molecular complexity index is 359. The van der Waals surface area contributed by atoms with Crippen LogP contribution in [0.4, 0.5) is 0 Å². The molecular formula is C12H23N2OPS. The highest BCUT2D eigenvalue weighted by Crippen LogP contribution is 2.53. The van der Waals surface area contributed by atoms with Crippen LogP contribution in [0.2, 0.25) is 0 Å². The van der Waals surface area contributed by atoms with Crippen molar-refractivity contribution in [3.05, 3.63) is 11.6 Å². The molecule has 0 aliphatic carbocycles. The van der Waals surface area contributed by atoms with Gasteiger partial charge in [0.25, 0.3) is 7.44 Å². The van der Waals surface area contributed by atoms with Crippen molar-refractivity contribution in [1.82, 2.24) is 4.67 Å². The zero-order chi connectivity index (χ0) is 13.6. The van der Waals surface area contributed by atoms with Crippen LogP contribution in [0.15, 0.2) is 16.4 Å². The molecule has 17 heavy (non-hydrogen) atoms. The van der Waals surface area contributed by atoms with Crippen LogP contribution in [-0.4, -0.2) is 28.1 Å². The Morgan fingerprint density at radius 3 is 2.12 bits per heavy atom. The molecule has 0 amide bonds. The van der Waals surface area contributed by atoms with Crippen molar-refractivity contribution in [3.8, 4) is 0 Å². The molecule has 1 unspecified atom stereocenters. The van der Waals surface area contributed by atoms with Crippen LogP contribution in [0.3, 0.4) is 0 Å². The van der Waals surface area contributed by atoms with E-state index < -0.39 is 7.44 Å². The second-order valence-electron chi connectivity index (χ2n) is 4.89. The number of nitrogens with zero attached hydrogens (tertiary/aromatic N) is 2. The van der Waals surface area contributed by atoms with Crippen molar-refractivity contribution in [1.29, 1.82) is 0 Å². The Balaban J connectivity index is 5.37. The highest BCUT2D eigenvalue weighted by atomic mass is 32.1. The second-order valence-corrected chi connectivity index (χ2v) is 7.43. The average molecular weight is 274 g/mol. The third-order valence-electron chi connectivity index (χ3n) is 2.35. The topological polar surface area (TPSA) is 32.7 Å². The number of hydrogen-bond acceptors (Lipinski definition) is 2. The lowest BCUT2D eigenvalue weighted by molar-refractivity contribution is 0.300. The maximum absolute atomic E-state index is 12.9. The first-order valence-corrected chi connectivity index (χ1v) is 8.06. The Hall–Kier alpha value is -0.270. The Kier molecular flexibility index (Phi) is 7.11. The molecule has 0 bridgehead atoms. The van der Waals surface area contributed by atoms with Gasteiger partial charge in [0.1, 0.15) is 0 Å². The summed E-state index contributed by atoms with van der Waals surface area (Å²) in [5.74, 6) is 0. The predicted molar refractivity (Wildman–Crippen MR) is 79.0 cm³/mol. The highest BCUT2D eigenvalue weighted by molar-refractivity contribution is 7.78. The van der Waals surface area contributed by atoms with E-state index in [1.807, 2.05) is 52.3 Å². The molecule has 0 fully saturated rings. The number of thiocarbonyl (C=S) groups is 1. The number of rotatable bonds is 6. The standard InChI is InChI=1S/C12H23N2OPS/c1-10(2)7-8-16(15,13-9-17)14(11(3)4)12(5)6/h7,11-12H,8H2,1-6H3. The second kappa shape index (κ2) is 7.23. The van der Waals surface area contributed by atoms with E-state index in [0.29, 0.717) is 6.16 Å². The van der Waals surface area contributed by atoms with Crippen molar-refractivity contribution < 1.29 is 4.57 Å². The van der Waals surface area contributed by atoms with Crippen LogP contribution in [0, 0.1) is 0 Å². The molecule has 0 aliphatic heterocycles. The van der Waals surface area contributed by atoms with Crippen LogP contribution < -0.4 is 0 Å². The lowest BCUT2D eigenvalue weighted by Crippen LogP contribution is -2.34. The summed E-state index contributed by atoms with van der Waals surface area (Å²) in [6.45, 7) is 12.1. The zero-order valence-corrected chi connectivity index (χ0v) is 13.3. The molecule has 0 spiro atoms. The number of allylic oxidation sites excluding steroid dienone is 2. The predicted octanol–water partition coefficient (Wildman–Crippen LogP) is 4.37. The van der Waals surface area contributed by atoms with Gasteiger partial charge in [-0.25, -0.2) is 4.67 Å². The molecule has 0 saturated heterocycles. The molecule has 0 saturated carbocycles. The van der Waals surface area contributed by atoms with E-state index in [2.05, 4.69) is 22.1 Å². The first kappa shape index (κ1) is 16.7. The van der Waals surface area contributed by atoms with Crippen molar-refractivity contribution in [2.24, 2.45) is 4.76 Å². The molecule has 0 aromatic rings. The Labute approximate surface area is 110 Å². The van der Waals surface area contributed by atoms with Gasteiger partial charge in [0.15, 0.2) is 0 Å². The molecule has 98 valence electrons. The summed E-state index contributed by atoms with van der Waals surface area (Å²) in [4.78, 5) is 0. The van der Waals surface area contributed by atoms with E-state index in [1.165, 1.54) is 0 Å². The summed E-state index contributed by atoms with van der Waals surface area (Å²) in [7, 11) is -2.83. The molecule has 0 aromatic heterocycles. The molecule has 0 aromatic carbocycles. The quantitative estimate of drug-likeness (QED) is 0.312. The fourth-order valence-electron chi connectivity index (χ4n) is 1.87. The maximum Gasteiger partial charge on any atom is 0.270 e. The fourth-order valence-corrected chi connectivity index (χ4v) is 4.80. The molecule has 3 nitrogen and oxygen atoms in total. The van der Waals surface area contributed by atoms with Gasteiger partial charge >= 0.3 is 0 Å². The van der Waals surface area contributed by atoms with Crippen LogP contribution in [0.1, 0.15) is 41.5 Å². The van der Waals surface area contributed by atoms with Gasteiger partial charge in [-0.2, -0.15) is 4.76 Å². The Morgan fingerprint density at radius 2 is 1.82 bits per heavy atom. The molecule has 5 heteroatoms. The molecule has 0 radical (unpaired) electrons. The van der Waals surface area contributed by atoms with Gasteiger partial charge in [0.2, 0.25) is 0 Å². The van der Waals surface area contributed by atoms with E-state index >= 15 is 0 Å². The lowest BCUT2D eigenvalue weighted by atomic mass is 10.3. The molecule has 0 N–H and O–H groups in total. The van der Waals surface area contributed by atoms with Gasteiger partial charge in [0.05, 0.1) is 11.3 Å². The SMILES string of the molecule is CC(C)=CCP(=O)(N=C=S)N(C(C)C)C(C)C. The summed E-state index contributed by atoms with van der Waals surface area (Å²) in [6.07, 6.45) is 2.38. The molecule has 0 aliphatic rings. The minimum Gasteiger partial charge on any atom is -0.279 e. The van der Waals surface area contributed by atoms with E-state index in [0.717, 1.165) is 5.57 Å². The van der Waals surface area contributed by atoms with Crippen LogP contribution >= 0.6 is 19.7 Å². The summed E-state index contributed by atoms with van der Waals surface area (Å²) in [6, 6.07) is 0.331. The van der Waals surface area contributed by atoms with Crippen molar-refractivity contribution in [2.45, 2.75) is 53.6 Å². The smallest absolute Gasteiger partial charge is 0.270 e. The normalized spacial score (nSPS) is 14.6. The maximum atomic E-state index is 12.9. The van der Waals surface area contributed by atoms with Crippen molar-refractivity contribution in [3.63, 3.8) is 0 Å². The first-order chi connectivity index (χ1) is 7.74. The van der Waals surface area contributed by atoms with Gasteiger partial charge in [-0.3, -0.25) is 4.57 Å². The van der Waals surface area contributed by atoms with Crippen molar-refractivity contribution in [2.75, 3.05) is 6.16 Å². The minimum absolute atomic E-state index is 0.165. The molecule has 0 heterocycles. The summed E-state index contributed by atoms with van der Waals surface area (Å²) in [5.41, 5.74) is 1.14. The van der Waals surface area contributed by atoms with Gasteiger partial charge in [-0.1, -0.05) is 11.6 Å². The molecule has 1 atom stereocenters. The van der Waals surface area contributed by atoms with Gasteiger partial charge in [-0.15, -0.1) is 0 Å². The van der Waals surface area contributed by atoms with Crippen LogP contribution in [-0.2, 0) is 4.57 Å². The third-order valence-corrected chi connectivity index (χ3v) is 5.30. The number of hydrogen-bond donors (Lipinski definition) is 0. The van der Waals surface area contributed by atoms with Gasteiger partial charge < -0.3 is 0 Å². The fraction of sp³-hybridized carbons (Fsp3) is 0.750. The van der Waals surface area contributed by atoms with Gasteiger partial charge in [0, 0.05) is 12.1 Å². The largest absolute Gasteiger partial charge is 0.279 e. The Morgan fingerprint density at radius 1 is 1.35 bits per heavy atom. The zero-order valence-electron chi connectivity index (χ0n) is 11.6. The molecule has 0 rings (SSSR count). The lowest BCUT2D eigenvalue weighted by Gasteiger charge is -2.34. The molecular weight excluding hydrogens is 251 g/mol. The van der Waals surface area contributed by atoms with E-state index in [9.17, 15) is 4.57 Å². The van der Waals surface area contributed by atoms with E-state index in [-0.39, 0.29) is 12.1 Å². The van der Waals surface area contributed by atoms with E-state index in [4.69, 9.17) is 0 Å². The van der Waals surface area contributed by atoms with Crippen molar-refractivity contribution >= 4 is 24.8 Å². The minimum atomic E-state index is -2.83. The third kappa shape index (κ3) is 5.27. The van der Waals surface area contributed by atoms with E-state index in [1.54, 1.807) is 0 Å². The monoisotopic (exact) mass is 274 g/mol. The average Bonchev–Trinajstić information content (AvgIpc) is 2.13. The first-order valence-electron chi connectivity index (χ1n) is 5.85. The van der Waals surface area contributed by atoms with Gasteiger partial charge in [-0.05, 0) is 53.8 Å². The highest BCUT2D eigenvalue weighted by Gasteiger charge is 2.33. The van der Waals surface area contributed by atoms with Crippen LogP contribution in [0.25, 0.3) is 0 Å².